The summed E-state index contributed by atoms with van der Waals surface area (Å²) in [6.07, 6.45) is 3.42. The third-order valence-electron chi connectivity index (χ3n) is 7.51. The molecule has 10 heteroatoms. The number of aromatic nitrogens is 6. The summed E-state index contributed by atoms with van der Waals surface area (Å²) in [5.41, 5.74) is 6.58. The van der Waals surface area contributed by atoms with Crippen LogP contribution >= 0.6 is 11.3 Å². The number of hydrogen-bond donors (Lipinski definition) is 1. The highest BCUT2D eigenvalue weighted by Crippen LogP contribution is 2.41. The topological polar surface area (TPSA) is 95.8 Å². The van der Waals surface area contributed by atoms with Crippen molar-refractivity contribution in [3.8, 4) is 22.1 Å². The molecule has 1 fully saturated rings. The molecule has 1 saturated heterocycles. The van der Waals surface area contributed by atoms with Crippen molar-refractivity contribution in [2.75, 3.05) is 24.5 Å². The maximum absolute atomic E-state index is 13.4. The van der Waals surface area contributed by atoms with Crippen molar-refractivity contribution in [2.45, 2.75) is 26.4 Å². The Morgan fingerprint density at radius 3 is 2.67 bits per heavy atom. The van der Waals surface area contributed by atoms with Gasteiger partial charge in [0.2, 0.25) is 5.91 Å². The van der Waals surface area contributed by atoms with Gasteiger partial charge < -0.3 is 19.4 Å². The molecule has 200 valence electrons. The second kappa shape index (κ2) is 9.87. The van der Waals surface area contributed by atoms with Gasteiger partial charge in [-0.2, -0.15) is 0 Å². The fourth-order valence-corrected chi connectivity index (χ4v) is 6.63. The van der Waals surface area contributed by atoms with Gasteiger partial charge in [0.25, 0.3) is 0 Å². The minimum absolute atomic E-state index is 0.0246. The second-order valence-electron chi connectivity index (χ2n) is 10.2. The Bertz CT molecular complexity index is 1820. The number of thiazole rings is 1. The van der Waals surface area contributed by atoms with Gasteiger partial charge in [-0.25, -0.2) is 19.9 Å². The van der Waals surface area contributed by atoms with Crippen LogP contribution < -0.4 is 4.90 Å². The molecule has 1 unspecified atom stereocenters. The lowest BCUT2D eigenvalue weighted by molar-refractivity contribution is -0.134. The molecule has 0 bridgehead atoms. The number of fused-ring (bicyclic) bond motifs is 2. The zero-order valence-electron chi connectivity index (χ0n) is 22.3. The lowest BCUT2D eigenvalue weighted by Crippen LogP contribution is -2.54. The van der Waals surface area contributed by atoms with Crippen LogP contribution in [0.1, 0.15) is 12.5 Å². The number of anilines is 1. The smallest absolute Gasteiger partial charge is 0.242 e. The summed E-state index contributed by atoms with van der Waals surface area (Å²) in [4.78, 5) is 40.0. The van der Waals surface area contributed by atoms with Gasteiger partial charge in [0, 0.05) is 37.4 Å². The molecule has 1 amide bonds. The van der Waals surface area contributed by atoms with E-state index in [4.69, 9.17) is 9.97 Å². The number of pyridine rings is 1. The number of imidazole rings is 2. The maximum Gasteiger partial charge on any atom is 0.242 e. The van der Waals surface area contributed by atoms with Gasteiger partial charge in [-0.05, 0) is 43.7 Å². The first-order chi connectivity index (χ1) is 19.5. The summed E-state index contributed by atoms with van der Waals surface area (Å²) in [6.45, 7) is 6.48. The van der Waals surface area contributed by atoms with E-state index in [1.807, 2.05) is 51.9 Å². The average Bonchev–Trinajstić information content (AvgIpc) is 3.70. The number of para-hydroxylation sites is 2. The molecule has 5 heterocycles. The first-order valence-electron chi connectivity index (χ1n) is 13.4. The van der Waals surface area contributed by atoms with Gasteiger partial charge in [0.15, 0.2) is 11.5 Å². The Morgan fingerprint density at radius 1 is 1.00 bits per heavy atom. The standard InChI is InChI=1S/C30H28N8OS/c1-19-8-3-4-9-21(19)29-35-26(27-33-22-10-5-6-11-23(22)34-27)30(40-29)36-14-15-38(20(2)16-36)25(39)17-37-18-32-24-12-7-13-31-28(24)37/h3-13,18,20H,14-17H2,1-2H3,(H,33,34). The Balaban J connectivity index is 1.18. The van der Waals surface area contributed by atoms with Gasteiger partial charge in [0.05, 0.1) is 17.4 Å². The van der Waals surface area contributed by atoms with Crippen molar-refractivity contribution < 1.29 is 4.79 Å². The summed E-state index contributed by atoms with van der Waals surface area (Å²) >= 11 is 1.69. The molecule has 40 heavy (non-hydrogen) atoms. The summed E-state index contributed by atoms with van der Waals surface area (Å²) < 4.78 is 1.83. The number of benzene rings is 2. The van der Waals surface area contributed by atoms with Crippen molar-refractivity contribution in [2.24, 2.45) is 0 Å². The zero-order valence-corrected chi connectivity index (χ0v) is 23.1. The highest BCUT2D eigenvalue weighted by molar-refractivity contribution is 7.19. The molecular formula is C30H28N8OS. The number of aryl methyl sites for hydroxylation is 1. The molecule has 1 N–H and O–H groups in total. The van der Waals surface area contributed by atoms with Crippen LogP contribution in [0.3, 0.4) is 0 Å². The van der Waals surface area contributed by atoms with Crippen LogP contribution in [0.15, 0.2) is 73.2 Å². The summed E-state index contributed by atoms with van der Waals surface area (Å²) in [7, 11) is 0. The average molecular weight is 549 g/mol. The molecular weight excluding hydrogens is 520 g/mol. The SMILES string of the molecule is Cc1ccccc1-c1nc(-c2nc3ccccc3[nH]2)c(N2CCN(C(=O)Cn3cnc4cccnc43)C(C)C2)s1. The third kappa shape index (κ3) is 4.30. The molecule has 0 radical (unpaired) electrons. The Kier molecular flexibility index (Phi) is 6.04. The number of nitrogens with zero attached hydrogens (tertiary/aromatic N) is 7. The number of hydrogen-bond acceptors (Lipinski definition) is 7. The highest BCUT2D eigenvalue weighted by atomic mass is 32.1. The fourth-order valence-electron chi connectivity index (χ4n) is 5.44. The van der Waals surface area contributed by atoms with E-state index in [2.05, 4.69) is 51.9 Å². The first-order valence-corrected chi connectivity index (χ1v) is 14.2. The molecule has 0 aliphatic carbocycles. The number of piperazine rings is 1. The molecule has 7 rings (SSSR count). The quantitative estimate of drug-likeness (QED) is 0.320. The van der Waals surface area contributed by atoms with E-state index in [0.717, 1.165) is 49.3 Å². The maximum atomic E-state index is 13.4. The van der Waals surface area contributed by atoms with Crippen molar-refractivity contribution in [3.05, 3.63) is 78.8 Å². The van der Waals surface area contributed by atoms with E-state index >= 15 is 0 Å². The van der Waals surface area contributed by atoms with E-state index in [1.165, 1.54) is 5.56 Å². The number of amides is 1. The van der Waals surface area contributed by atoms with Gasteiger partial charge >= 0.3 is 0 Å². The van der Waals surface area contributed by atoms with Crippen LogP contribution in [0, 0.1) is 6.92 Å². The number of H-pyrrole nitrogens is 1. The van der Waals surface area contributed by atoms with Crippen LogP contribution in [0.4, 0.5) is 5.00 Å². The summed E-state index contributed by atoms with van der Waals surface area (Å²) in [5, 5.41) is 2.04. The molecule has 9 nitrogen and oxygen atoms in total. The number of carbonyl (C=O) groups is 1. The molecule has 6 aromatic rings. The van der Waals surface area contributed by atoms with E-state index in [-0.39, 0.29) is 18.5 Å². The van der Waals surface area contributed by atoms with E-state index < -0.39 is 0 Å². The van der Waals surface area contributed by atoms with Crippen LogP contribution in [0.25, 0.3) is 44.3 Å². The highest BCUT2D eigenvalue weighted by Gasteiger charge is 2.31. The Morgan fingerprint density at radius 2 is 1.82 bits per heavy atom. The van der Waals surface area contributed by atoms with Crippen molar-refractivity contribution in [1.82, 2.24) is 34.4 Å². The predicted molar refractivity (Wildman–Crippen MR) is 158 cm³/mol. The first kappa shape index (κ1) is 24.5. The van der Waals surface area contributed by atoms with Gasteiger partial charge in [0.1, 0.15) is 27.8 Å². The molecule has 1 aliphatic heterocycles. The van der Waals surface area contributed by atoms with Crippen molar-refractivity contribution in [1.29, 1.82) is 0 Å². The minimum atomic E-state index is 0.0246. The molecule has 4 aromatic heterocycles. The van der Waals surface area contributed by atoms with Crippen LogP contribution in [-0.4, -0.2) is 66.0 Å². The molecule has 1 aliphatic rings. The lowest BCUT2D eigenvalue weighted by atomic mass is 10.1. The van der Waals surface area contributed by atoms with E-state index in [0.29, 0.717) is 19.6 Å². The monoisotopic (exact) mass is 548 g/mol. The van der Waals surface area contributed by atoms with Crippen LogP contribution in [-0.2, 0) is 11.3 Å². The largest absolute Gasteiger partial charge is 0.358 e. The number of carbonyl (C=O) groups excluding carboxylic acids is 1. The van der Waals surface area contributed by atoms with E-state index in [9.17, 15) is 4.79 Å². The molecule has 1 atom stereocenters. The Hall–Kier alpha value is -4.57. The fraction of sp³-hybridized carbons (Fsp3) is 0.233. The summed E-state index contributed by atoms with van der Waals surface area (Å²) in [6, 6.07) is 20.2. The second-order valence-corrected chi connectivity index (χ2v) is 11.2. The van der Waals surface area contributed by atoms with Crippen molar-refractivity contribution in [3.63, 3.8) is 0 Å². The minimum Gasteiger partial charge on any atom is -0.358 e. The third-order valence-corrected chi connectivity index (χ3v) is 8.66. The summed E-state index contributed by atoms with van der Waals surface area (Å²) in [5.74, 6) is 0.831. The number of rotatable bonds is 5. The lowest BCUT2D eigenvalue weighted by Gasteiger charge is -2.40. The normalized spacial score (nSPS) is 15.8. The van der Waals surface area contributed by atoms with Crippen LogP contribution in [0.5, 0.6) is 0 Å². The number of nitrogens with one attached hydrogen (secondary N) is 1. The molecule has 0 saturated carbocycles. The van der Waals surface area contributed by atoms with Crippen molar-refractivity contribution >= 4 is 44.4 Å². The Labute approximate surface area is 235 Å². The van der Waals surface area contributed by atoms with Gasteiger partial charge in [-0.1, -0.05) is 47.7 Å². The van der Waals surface area contributed by atoms with Crippen LogP contribution in [0.2, 0.25) is 0 Å². The van der Waals surface area contributed by atoms with Gasteiger partial charge in [-0.15, -0.1) is 0 Å². The molecule has 0 spiro atoms. The van der Waals surface area contributed by atoms with Gasteiger partial charge in [-0.3, -0.25) is 4.79 Å². The number of aromatic amines is 1. The zero-order chi connectivity index (χ0) is 27.2. The van der Waals surface area contributed by atoms with E-state index in [1.54, 1.807) is 23.9 Å². The molecule has 2 aromatic carbocycles. The predicted octanol–water partition coefficient (Wildman–Crippen LogP) is 5.14.